The number of nitrogens with zero attached hydrogens (tertiary/aromatic N) is 4. The monoisotopic (exact) mass is 353 g/mol. The van der Waals surface area contributed by atoms with Gasteiger partial charge in [0, 0.05) is 12.7 Å². The Kier molecular flexibility index (Phi) is 5.52. The van der Waals surface area contributed by atoms with Crippen LogP contribution in [0.3, 0.4) is 0 Å². The summed E-state index contributed by atoms with van der Waals surface area (Å²) in [5.74, 6) is 0.220. The Hall–Kier alpha value is -1.91. The van der Waals surface area contributed by atoms with Crippen LogP contribution in [-0.4, -0.2) is 43.3 Å². The quantitative estimate of drug-likeness (QED) is 0.423. The van der Waals surface area contributed by atoms with Gasteiger partial charge in [-0.25, -0.2) is 0 Å². The number of aromatic nitrogens is 3. The summed E-state index contributed by atoms with van der Waals surface area (Å²) in [5.41, 5.74) is 9.59. The van der Waals surface area contributed by atoms with Crippen LogP contribution >= 0.6 is 36.2 Å². The molecule has 7 nitrogen and oxygen atoms in total. The lowest BCUT2D eigenvalue weighted by molar-refractivity contribution is 0.458. The fraction of sp³-hybridized carbons (Fsp3) is 0.167. The highest BCUT2D eigenvalue weighted by molar-refractivity contribution is 7.98. The summed E-state index contributed by atoms with van der Waals surface area (Å²) in [6.45, 7) is 0. The molecule has 116 valence electrons. The predicted octanol–water partition coefficient (Wildman–Crippen LogP) is 1.55. The lowest BCUT2D eigenvalue weighted by Crippen LogP contribution is -2.47. The number of hydrazine groups is 1. The molecule has 0 aliphatic heterocycles. The number of nitrogens with two attached hydrogens (primary N) is 1. The minimum atomic E-state index is 0.220. The third-order valence-electron chi connectivity index (χ3n) is 2.58. The Morgan fingerprint density at radius 3 is 2.59 bits per heavy atom. The van der Waals surface area contributed by atoms with Gasteiger partial charge in [0.1, 0.15) is 0 Å². The SMILES string of the molecule is CSc1nc(N)n(C(=S)NN(C)C(=S)Nc2ccccc2)n1. The summed E-state index contributed by atoms with van der Waals surface area (Å²) < 4.78 is 1.35. The molecular weight excluding hydrogens is 338 g/mol. The van der Waals surface area contributed by atoms with Crippen molar-refractivity contribution in [1.29, 1.82) is 0 Å². The van der Waals surface area contributed by atoms with E-state index in [1.807, 2.05) is 36.6 Å². The van der Waals surface area contributed by atoms with Gasteiger partial charge in [-0.2, -0.15) is 9.67 Å². The highest BCUT2D eigenvalue weighted by Gasteiger charge is 2.13. The molecule has 1 heterocycles. The van der Waals surface area contributed by atoms with E-state index in [-0.39, 0.29) is 11.1 Å². The van der Waals surface area contributed by atoms with Crippen molar-refractivity contribution in [1.82, 2.24) is 25.2 Å². The third-order valence-corrected chi connectivity index (χ3v) is 3.76. The zero-order valence-corrected chi connectivity index (χ0v) is 14.4. The molecule has 0 aliphatic carbocycles. The average molecular weight is 354 g/mol. The number of hydrogen-bond acceptors (Lipinski definition) is 6. The zero-order chi connectivity index (χ0) is 16.1. The van der Waals surface area contributed by atoms with E-state index in [9.17, 15) is 0 Å². The van der Waals surface area contributed by atoms with Crippen LogP contribution in [-0.2, 0) is 0 Å². The van der Waals surface area contributed by atoms with E-state index in [2.05, 4.69) is 20.8 Å². The van der Waals surface area contributed by atoms with E-state index in [4.69, 9.17) is 30.2 Å². The van der Waals surface area contributed by atoms with Crippen LogP contribution in [0, 0.1) is 0 Å². The molecule has 2 aromatic rings. The van der Waals surface area contributed by atoms with Crippen LogP contribution in [0.2, 0.25) is 0 Å². The lowest BCUT2D eigenvalue weighted by atomic mass is 10.3. The second-order valence-corrected chi connectivity index (χ2v) is 5.69. The van der Waals surface area contributed by atoms with Gasteiger partial charge < -0.3 is 11.1 Å². The van der Waals surface area contributed by atoms with Gasteiger partial charge >= 0.3 is 0 Å². The Balaban J connectivity index is 1.98. The zero-order valence-electron chi connectivity index (χ0n) is 12.0. The molecule has 1 aromatic carbocycles. The summed E-state index contributed by atoms with van der Waals surface area (Å²) >= 11 is 11.9. The fourth-order valence-electron chi connectivity index (χ4n) is 1.51. The highest BCUT2D eigenvalue weighted by atomic mass is 32.2. The molecule has 0 saturated carbocycles. The van der Waals surface area contributed by atoms with Crippen molar-refractivity contribution in [3.8, 4) is 0 Å². The highest BCUT2D eigenvalue weighted by Crippen LogP contribution is 2.11. The number of nitrogen functional groups attached to an aromatic ring is 1. The first-order chi connectivity index (χ1) is 10.5. The number of para-hydroxylation sites is 1. The number of thioether (sulfide) groups is 1. The maximum atomic E-state index is 5.77. The van der Waals surface area contributed by atoms with Crippen LogP contribution in [0.4, 0.5) is 11.6 Å². The molecule has 0 spiro atoms. The molecule has 10 heteroatoms. The van der Waals surface area contributed by atoms with Gasteiger partial charge in [-0.1, -0.05) is 30.0 Å². The van der Waals surface area contributed by atoms with Gasteiger partial charge in [0.15, 0.2) is 5.11 Å². The number of benzene rings is 1. The molecule has 0 bridgehead atoms. The van der Waals surface area contributed by atoms with Gasteiger partial charge in [0.2, 0.25) is 16.2 Å². The van der Waals surface area contributed by atoms with Gasteiger partial charge in [0.05, 0.1) is 0 Å². The molecule has 0 amide bonds. The van der Waals surface area contributed by atoms with Gasteiger partial charge in [-0.3, -0.25) is 10.4 Å². The van der Waals surface area contributed by atoms with Crippen molar-refractivity contribution < 1.29 is 0 Å². The van der Waals surface area contributed by atoms with Crippen LogP contribution in [0.1, 0.15) is 0 Å². The van der Waals surface area contributed by atoms with Crippen molar-refractivity contribution in [2.24, 2.45) is 0 Å². The van der Waals surface area contributed by atoms with E-state index in [0.717, 1.165) is 5.69 Å². The molecule has 0 radical (unpaired) electrons. The average Bonchev–Trinajstić information content (AvgIpc) is 2.89. The summed E-state index contributed by atoms with van der Waals surface area (Å²) in [4.78, 5) is 4.07. The second-order valence-electron chi connectivity index (χ2n) is 4.14. The molecule has 0 aliphatic rings. The maximum absolute atomic E-state index is 5.77. The largest absolute Gasteiger partial charge is 0.368 e. The van der Waals surface area contributed by atoms with Gasteiger partial charge in [-0.05, 0) is 42.8 Å². The molecule has 0 saturated heterocycles. The summed E-state index contributed by atoms with van der Waals surface area (Å²) in [6, 6.07) is 9.60. The second kappa shape index (κ2) is 7.38. The van der Waals surface area contributed by atoms with Gasteiger partial charge in [-0.15, -0.1) is 5.10 Å². The van der Waals surface area contributed by atoms with E-state index in [0.29, 0.717) is 10.3 Å². The van der Waals surface area contributed by atoms with E-state index in [1.165, 1.54) is 16.4 Å². The van der Waals surface area contributed by atoms with Crippen molar-refractivity contribution in [3.63, 3.8) is 0 Å². The number of thiocarbonyl (C=S) groups is 2. The van der Waals surface area contributed by atoms with E-state index in [1.54, 1.807) is 12.1 Å². The Labute approximate surface area is 143 Å². The smallest absolute Gasteiger partial charge is 0.226 e. The van der Waals surface area contributed by atoms with E-state index < -0.39 is 0 Å². The molecule has 0 unspecified atom stereocenters. The van der Waals surface area contributed by atoms with Crippen molar-refractivity contribution >= 4 is 58.1 Å². The standard InChI is InChI=1S/C12H15N7S3/c1-18(11(20)14-8-6-4-3-5-7-8)17-12(21)19-9(13)15-10(16-19)22-2/h3-7H,1-2H3,(H,14,20)(H,17,21)(H2,13,15,16). The van der Waals surface area contributed by atoms with Crippen molar-refractivity contribution in [2.45, 2.75) is 5.16 Å². The fourth-order valence-corrected chi connectivity index (χ4v) is 2.29. The number of rotatable bonds is 2. The Morgan fingerprint density at radius 1 is 1.32 bits per heavy atom. The third kappa shape index (κ3) is 4.06. The molecule has 0 fully saturated rings. The molecular formula is C12H15N7S3. The first kappa shape index (κ1) is 16.5. The number of hydrogen-bond donors (Lipinski definition) is 3. The van der Waals surface area contributed by atoms with Crippen LogP contribution in [0.5, 0.6) is 0 Å². The molecule has 4 N–H and O–H groups in total. The molecule has 22 heavy (non-hydrogen) atoms. The normalized spacial score (nSPS) is 10.1. The lowest BCUT2D eigenvalue weighted by Gasteiger charge is -2.22. The van der Waals surface area contributed by atoms with Crippen LogP contribution < -0.4 is 16.5 Å². The topological polar surface area (TPSA) is 84.0 Å². The summed E-state index contributed by atoms with van der Waals surface area (Å²) in [6.07, 6.45) is 1.86. The minimum Gasteiger partial charge on any atom is -0.368 e. The Bertz CT molecular complexity index is 671. The summed E-state index contributed by atoms with van der Waals surface area (Å²) in [7, 11) is 1.74. The van der Waals surface area contributed by atoms with Crippen molar-refractivity contribution in [2.75, 3.05) is 24.4 Å². The first-order valence-electron chi connectivity index (χ1n) is 6.18. The minimum absolute atomic E-state index is 0.220. The first-order valence-corrected chi connectivity index (χ1v) is 8.22. The van der Waals surface area contributed by atoms with Gasteiger partial charge in [0.25, 0.3) is 0 Å². The van der Waals surface area contributed by atoms with E-state index >= 15 is 0 Å². The molecule has 1 aromatic heterocycles. The number of anilines is 2. The number of nitrogens with one attached hydrogen (secondary N) is 2. The Morgan fingerprint density at radius 2 is 2.00 bits per heavy atom. The molecule has 0 atom stereocenters. The maximum Gasteiger partial charge on any atom is 0.226 e. The summed E-state index contributed by atoms with van der Waals surface area (Å²) in [5, 5.41) is 10.1. The predicted molar refractivity (Wildman–Crippen MR) is 97.8 cm³/mol. The van der Waals surface area contributed by atoms with Crippen LogP contribution in [0.25, 0.3) is 0 Å². The van der Waals surface area contributed by atoms with Crippen LogP contribution in [0.15, 0.2) is 35.5 Å². The molecule has 2 rings (SSSR count). The van der Waals surface area contributed by atoms with Crippen molar-refractivity contribution in [3.05, 3.63) is 30.3 Å².